The second-order valence-electron chi connectivity index (χ2n) is 15.3. The van der Waals surface area contributed by atoms with Crippen molar-refractivity contribution >= 4 is 46.3 Å². The maximum atomic E-state index is 14.8. The maximum Gasteiger partial charge on any atom is 0.356 e. The van der Waals surface area contributed by atoms with Crippen molar-refractivity contribution in [3.8, 4) is 16.9 Å². The van der Waals surface area contributed by atoms with Crippen molar-refractivity contribution in [1.29, 1.82) is 0 Å². The molecule has 4 aromatic carbocycles. The van der Waals surface area contributed by atoms with Crippen LogP contribution in [0.4, 0.5) is 10.1 Å². The largest absolute Gasteiger partial charge is 0.479 e. The number of ether oxygens (including phenoxy) is 4. The number of benzene rings is 4. The van der Waals surface area contributed by atoms with Gasteiger partial charge >= 0.3 is 19.5 Å². The van der Waals surface area contributed by atoms with Gasteiger partial charge in [0.25, 0.3) is 0 Å². The molecule has 3 heterocycles. The Bertz CT molecular complexity index is 2570. The van der Waals surface area contributed by atoms with E-state index in [0.29, 0.717) is 5.56 Å². The van der Waals surface area contributed by atoms with Crippen LogP contribution in [0, 0.1) is 5.82 Å². The van der Waals surface area contributed by atoms with Gasteiger partial charge in [0.15, 0.2) is 33.6 Å². The zero-order valence-electron chi connectivity index (χ0n) is 33.2. The molecule has 3 aliphatic rings. The van der Waals surface area contributed by atoms with Crippen LogP contribution in [0.25, 0.3) is 11.1 Å². The Morgan fingerprint density at radius 1 is 0.723 bits per heavy atom. The Labute approximate surface area is 367 Å². The molecule has 7 rings (SSSR count). The van der Waals surface area contributed by atoms with Gasteiger partial charge in [-0.05, 0) is 59.2 Å². The van der Waals surface area contributed by atoms with Crippen LogP contribution in [-0.2, 0) is 43.0 Å². The number of hydrogen-bond donors (Lipinski definition) is 10. The highest BCUT2D eigenvalue weighted by Gasteiger charge is 2.58. The zero-order valence-corrected chi connectivity index (χ0v) is 34.9. The van der Waals surface area contributed by atoms with E-state index in [2.05, 4.69) is 0 Å². The molecule has 0 radical (unpaired) electrons. The minimum absolute atomic E-state index is 0.0863. The number of para-hydroxylation sites is 1. The maximum absolute atomic E-state index is 14.8. The molecule has 3 saturated heterocycles. The minimum Gasteiger partial charge on any atom is -0.479 e. The molecule has 348 valence electrons. The topological polar surface area (TPSA) is 345 Å². The first kappa shape index (κ1) is 47.7. The van der Waals surface area contributed by atoms with E-state index in [-0.39, 0.29) is 33.4 Å². The number of halogens is 1. The van der Waals surface area contributed by atoms with Crippen LogP contribution in [0.5, 0.6) is 5.75 Å². The van der Waals surface area contributed by atoms with Crippen molar-refractivity contribution in [3.63, 3.8) is 0 Å². The van der Waals surface area contributed by atoms with E-state index < -0.39 is 126 Å². The van der Waals surface area contributed by atoms with Crippen molar-refractivity contribution < 1.29 is 101 Å². The van der Waals surface area contributed by atoms with Crippen LogP contribution in [0.3, 0.4) is 0 Å². The molecule has 0 bridgehead atoms. The van der Waals surface area contributed by atoms with E-state index in [1.165, 1.54) is 54.6 Å². The molecule has 4 aromatic rings. The monoisotopic (exact) mass is 949 g/mol. The van der Waals surface area contributed by atoms with E-state index in [1.807, 2.05) is 0 Å². The lowest BCUT2D eigenvalue weighted by Crippen LogP contribution is -2.63. The van der Waals surface area contributed by atoms with Crippen LogP contribution < -0.4 is 14.9 Å². The van der Waals surface area contributed by atoms with Gasteiger partial charge in [-0.2, -0.15) is 0 Å². The molecule has 65 heavy (non-hydrogen) atoms. The van der Waals surface area contributed by atoms with Gasteiger partial charge in [0.1, 0.15) is 48.2 Å². The molecule has 0 aliphatic carbocycles. The van der Waals surface area contributed by atoms with Gasteiger partial charge in [-0.25, -0.2) is 22.4 Å². The Morgan fingerprint density at radius 2 is 1.26 bits per heavy atom. The average Bonchev–Trinajstić information content (AvgIpc) is 3.25. The van der Waals surface area contributed by atoms with Gasteiger partial charge < -0.3 is 74.5 Å². The first-order valence-corrected chi connectivity index (χ1v) is 22.7. The number of aliphatic hydroxyl groups excluding tert-OH is 6. The molecular formula is C41H41FNO20PS. The van der Waals surface area contributed by atoms with E-state index in [0.717, 1.165) is 41.3 Å². The fourth-order valence-electron chi connectivity index (χ4n) is 7.71. The second-order valence-corrected chi connectivity index (χ2v) is 19.1. The van der Waals surface area contributed by atoms with Crippen LogP contribution in [0.1, 0.15) is 23.3 Å². The number of sulfone groups is 1. The number of carbonyl (C=O) groups is 3. The molecule has 0 aromatic heterocycles. The van der Waals surface area contributed by atoms with Crippen LogP contribution in [-0.4, -0.2) is 149 Å². The van der Waals surface area contributed by atoms with Gasteiger partial charge in [0.2, 0.25) is 12.2 Å². The van der Waals surface area contributed by atoms with Crippen molar-refractivity contribution in [2.45, 2.75) is 78.8 Å². The van der Waals surface area contributed by atoms with E-state index >= 15 is 0 Å². The van der Waals surface area contributed by atoms with Gasteiger partial charge in [0, 0.05) is 11.3 Å². The summed E-state index contributed by atoms with van der Waals surface area (Å²) in [5.74, 6) is -6.85. The lowest BCUT2D eigenvalue weighted by molar-refractivity contribution is -0.303. The summed E-state index contributed by atoms with van der Waals surface area (Å²) in [6.45, 7) is 0. The number of nitrogens with zero attached hydrogens (tertiary/aromatic N) is 1. The number of β-lactam (4-membered cyclic amide) rings is 1. The average molecular weight is 950 g/mol. The van der Waals surface area contributed by atoms with Gasteiger partial charge in [-0.15, -0.1) is 0 Å². The first-order valence-electron chi connectivity index (χ1n) is 19.4. The third-order valence-electron chi connectivity index (χ3n) is 11.1. The Morgan fingerprint density at radius 3 is 1.82 bits per heavy atom. The minimum atomic E-state index is -4.90. The normalized spacial score (nSPS) is 30.0. The van der Waals surface area contributed by atoms with Crippen molar-refractivity contribution in [3.05, 3.63) is 114 Å². The van der Waals surface area contributed by atoms with Crippen molar-refractivity contribution in [2.24, 2.45) is 0 Å². The molecule has 0 saturated carbocycles. The molecule has 21 nitrogen and oxygen atoms in total. The van der Waals surface area contributed by atoms with Crippen LogP contribution in [0.2, 0.25) is 0 Å². The Balaban J connectivity index is 1.33. The van der Waals surface area contributed by atoms with Crippen molar-refractivity contribution in [1.82, 2.24) is 0 Å². The summed E-state index contributed by atoms with van der Waals surface area (Å²) >= 11 is 0. The molecule has 24 heteroatoms. The lowest BCUT2D eigenvalue weighted by atomic mass is 9.90. The molecule has 6 unspecified atom stereocenters. The molecule has 1 amide bonds. The third-order valence-corrected chi connectivity index (χ3v) is 14.1. The number of rotatable bonds is 14. The highest BCUT2D eigenvalue weighted by Crippen LogP contribution is 2.48. The van der Waals surface area contributed by atoms with Gasteiger partial charge in [-0.3, -0.25) is 9.36 Å². The predicted molar refractivity (Wildman–Crippen MR) is 217 cm³/mol. The number of hydrogen-bond acceptors (Lipinski definition) is 16. The quantitative estimate of drug-likeness (QED) is 0.0540. The fraction of sp³-hybridized carbons (Fsp3) is 0.341. The standard InChI is InChI=1S/C41H41FNO20PS/c42-21-11-6-19(7-12-21)26(61-41-33(49)29(45)31(47)35(63-41)39(53)54)17-65(58,59)36-27(43(37(36)50)22-4-2-1-3-5-22)24-15-10-20(18-8-13-23(14-9-18)64(55,56)57)16-25(24)60-40-32(48)28(44)30(46)34(62-40)38(51)52/h1-16,26-36,40-41,44-49H,17H2,(H,51,52)(H,53,54)(H2,55,56,57)/t26-,27+,28?,29-,30?,31+,32?,33?,34?,35?,36+,40+,41+/m0/s1. The molecular weight excluding hydrogens is 908 g/mol. The molecule has 0 spiro atoms. The van der Waals surface area contributed by atoms with E-state index in [4.69, 9.17) is 18.9 Å². The number of amides is 1. The van der Waals surface area contributed by atoms with Crippen LogP contribution in [0.15, 0.2) is 97.1 Å². The molecule has 3 fully saturated rings. The zero-order chi connectivity index (χ0) is 47.3. The predicted octanol–water partition coefficient (Wildman–Crippen LogP) is -0.912. The molecule has 13 atom stereocenters. The summed E-state index contributed by atoms with van der Waals surface area (Å²) in [6, 6.07) is 19.1. The first-order chi connectivity index (χ1) is 30.6. The number of aliphatic carboxylic acids is 2. The molecule has 3 aliphatic heterocycles. The number of carboxylic acids is 2. The summed E-state index contributed by atoms with van der Waals surface area (Å²) in [7, 11) is -9.59. The van der Waals surface area contributed by atoms with E-state index in [1.54, 1.807) is 6.07 Å². The van der Waals surface area contributed by atoms with Gasteiger partial charge in [-0.1, -0.05) is 54.6 Å². The number of aliphatic hydroxyl groups is 6. The molecule has 10 N–H and O–H groups in total. The van der Waals surface area contributed by atoms with Crippen molar-refractivity contribution in [2.75, 3.05) is 10.7 Å². The van der Waals surface area contributed by atoms with E-state index in [9.17, 15) is 82.4 Å². The fourth-order valence-corrected chi connectivity index (χ4v) is 10.2. The Hall–Kier alpha value is -5.24. The highest BCUT2D eigenvalue weighted by atomic mass is 32.2. The summed E-state index contributed by atoms with van der Waals surface area (Å²) in [4.78, 5) is 58.5. The van der Waals surface area contributed by atoms with Crippen LogP contribution >= 0.6 is 7.60 Å². The number of anilines is 1. The second kappa shape index (κ2) is 18.6. The smallest absolute Gasteiger partial charge is 0.356 e. The summed E-state index contributed by atoms with van der Waals surface area (Å²) < 4.78 is 78.1. The van der Waals surface area contributed by atoms with Gasteiger partial charge in [0.05, 0.1) is 23.2 Å². The lowest BCUT2D eigenvalue weighted by Gasteiger charge is -2.47. The number of carboxylic acid groups (broad SMARTS) is 2. The third kappa shape index (κ3) is 9.55. The summed E-state index contributed by atoms with van der Waals surface area (Å²) in [5.41, 5.74) is 0.462. The SMILES string of the molecule is O=C(O)C1O[C@@H](Oc2cc(-c3ccc(P(=O)(O)O)cc3)ccc2[C@@H]2[C@@H](S(=O)(=O)C[C@H](O[C@@H]3OC(C(=O)O)[C@H](O)[C@H](O)C3O)c3ccc(F)cc3)C(=O)N2c2ccccc2)C(O)C(O)C1O. The summed E-state index contributed by atoms with van der Waals surface area (Å²) in [6.07, 6.45) is -23.1. The number of carbonyl (C=O) groups excluding carboxylic acids is 1. The Kier molecular flexibility index (Phi) is 13.6. The summed E-state index contributed by atoms with van der Waals surface area (Å²) in [5, 5.41) is 80.3. The highest BCUT2D eigenvalue weighted by molar-refractivity contribution is 7.93.